The zero-order chi connectivity index (χ0) is 19.6. The lowest BCUT2D eigenvalue weighted by atomic mass is 9.91. The van der Waals surface area contributed by atoms with E-state index >= 15 is 0 Å². The highest BCUT2D eigenvalue weighted by molar-refractivity contribution is 5.91. The Kier molecular flexibility index (Phi) is 4.51. The van der Waals surface area contributed by atoms with Crippen molar-refractivity contribution in [1.29, 1.82) is 0 Å². The van der Waals surface area contributed by atoms with E-state index in [4.69, 9.17) is 0 Å². The van der Waals surface area contributed by atoms with E-state index in [1.165, 1.54) is 11.7 Å². The Hall–Kier alpha value is -3.55. The number of fused-ring (bicyclic) bond motifs is 1. The van der Waals surface area contributed by atoms with Crippen molar-refractivity contribution < 1.29 is 0 Å². The molecule has 0 amide bonds. The van der Waals surface area contributed by atoms with Crippen LogP contribution in [0.1, 0.15) is 31.7 Å². The second-order valence-electron chi connectivity index (χ2n) is 7.34. The molecule has 1 fully saturated rings. The van der Waals surface area contributed by atoms with Gasteiger partial charge in [-0.3, -0.25) is 4.79 Å². The summed E-state index contributed by atoms with van der Waals surface area (Å²) in [7, 11) is 0. The largest absolute Gasteiger partial charge is 0.367 e. The highest BCUT2D eigenvalue weighted by atomic mass is 16.1. The second kappa shape index (κ2) is 7.46. The third-order valence-electron chi connectivity index (χ3n) is 5.52. The fourth-order valence-electron chi connectivity index (χ4n) is 4.02. The van der Waals surface area contributed by atoms with Crippen molar-refractivity contribution in [1.82, 2.24) is 29.5 Å². The second-order valence-corrected chi connectivity index (χ2v) is 7.34. The first-order valence-electron chi connectivity index (χ1n) is 9.83. The van der Waals surface area contributed by atoms with E-state index in [1.54, 1.807) is 27.8 Å². The average molecular weight is 387 g/mol. The molecular weight excluding hydrogens is 366 g/mol. The van der Waals surface area contributed by atoms with Crippen molar-refractivity contribution in [3.63, 3.8) is 0 Å². The van der Waals surface area contributed by atoms with Crippen LogP contribution in [0, 0.1) is 0 Å². The number of nitrogens with one attached hydrogen (secondary N) is 1. The summed E-state index contributed by atoms with van der Waals surface area (Å²) in [6.45, 7) is 0. The number of anilines is 1. The van der Waals surface area contributed by atoms with E-state index in [2.05, 4.69) is 37.6 Å². The molecule has 4 aromatic rings. The topological polar surface area (TPSA) is 90.5 Å². The lowest BCUT2D eigenvalue weighted by Gasteiger charge is -2.30. The minimum atomic E-state index is -0.0824. The van der Waals surface area contributed by atoms with Crippen molar-refractivity contribution in [3.05, 3.63) is 71.7 Å². The molecule has 0 spiro atoms. The van der Waals surface area contributed by atoms with E-state index in [0.29, 0.717) is 11.9 Å². The Morgan fingerprint density at radius 2 is 1.86 bits per heavy atom. The summed E-state index contributed by atoms with van der Waals surface area (Å²) >= 11 is 0. The van der Waals surface area contributed by atoms with Crippen molar-refractivity contribution in [3.8, 4) is 5.82 Å². The van der Waals surface area contributed by atoms with E-state index in [0.717, 1.165) is 36.9 Å². The van der Waals surface area contributed by atoms with E-state index in [-0.39, 0.29) is 11.6 Å². The predicted molar refractivity (Wildman–Crippen MR) is 110 cm³/mol. The molecule has 1 aliphatic carbocycles. The molecule has 0 aliphatic heterocycles. The van der Waals surface area contributed by atoms with Crippen molar-refractivity contribution in [2.24, 2.45) is 0 Å². The molecule has 1 saturated carbocycles. The smallest absolute Gasteiger partial charge is 0.267 e. The molecule has 1 aromatic carbocycles. The third kappa shape index (κ3) is 3.49. The Balaban J connectivity index is 1.31. The molecule has 8 heteroatoms. The predicted octanol–water partition coefficient (Wildman–Crippen LogP) is 2.97. The van der Waals surface area contributed by atoms with Crippen LogP contribution in [0.25, 0.3) is 16.6 Å². The van der Waals surface area contributed by atoms with Crippen LogP contribution in [0.15, 0.2) is 66.1 Å². The molecule has 1 aliphatic rings. The van der Waals surface area contributed by atoms with Crippen LogP contribution < -0.4 is 10.9 Å². The molecule has 0 unspecified atom stereocenters. The van der Waals surface area contributed by atoms with Crippen LogP contribution in [-0.4, -0.2) is 35.6 Å². The Labute approximate surface area is 167 Å². The van der Waals surface area contributed by atoms with Crippen LogP contribution in [0.4, 0.5) is 5.82 Å². The first-order valence-corrected chi connectivity index (χ1v) is 9.83. The van der Waals surface area contributed by atoms with E-state index < -0.39 is 0 Å². The molecule has 3 heterocycles. The van der Waals surface area contributed by atoms with Gasteiger partial charge < -0.3 is 5.32 Å². The summed E-state index contributed by atoms with van der Waals surface area (Å²) in [5.41, 5.74) is -0.0824. The summed E-state index contributed by atoms with van der Waals surface area (Å²) in [4.78, 5) is 20.9. The molecule has 3 aromatic heterocycles. The van der Waals surface area contributed by atoms with Gasteiger partial charge in [0.1, 0.15) is 18.5 Å². The molecule has 8 nitrogen and oxygen atoms in total. The number of benzene rings is 1. The number of nitrogens with zero attached hydrogens (tertiary/aromatic N) is 6. The molecule has 1 N–H and O–H groups in total. The molecular formula is C21H21N7O. The minimum absolute atomic E-state index is 0.0824. The molecule has 5 rings (SSSR count). The number of pyridine rings is 1. The van der Waals surface area contributed by atoms with Crippen LogP contribution in [-0.2, 0) is 0 Å². The van der Waals surface area contributed by atoms with Gasteiger partial charge in [-0.2, -0.15) is 5.10 Å². The van der Waals surface area contributed by atoms with Crippen molar-refractivity contribution in [2.75, 3.05) is 5.32 Å². The van der Waals surface area contributed by atoms with Gasteiger partial charge >= 0.3 is 0 Å². The molecule has 0 atom stereocenters. The number of aromatic nitrogens is 6. The van der Waals surface area contributed by atoms with E-state index in [9.17, 15) is 4.79 Å². The maximum atomic E-state index is 12.4. The monoisotopic (exact) mass is 387 g/mol. The van der Waals surface area contributed by atoms with Gasteiger partial charge in [0.25, 0.3) is 5.56 Å². The minimum Gasteiger partial charge on any atom is -0.367 e. The van der Waals surface area contributed by atoms with Gasteiger partial charge in [-0.15, -0.1) is 5.10 Å². The normalized spacial score (nSPS) is 19.3. The summed E-state index contributed by atoms with van der Waals surface area (Å²) in [6.07, 6.45) is 8.56. The van der Waals surface area contributed by atoms with Gasteiger partial charge in [-0.05, 0) is 43.2 Å². The van der Waals surface area contributed by atoms with E-state index in [1.807, 2.05) is 24.4 Å². The quantitative estimate of drug-likeness (QED) is 0.579. The number of hydrogen-bond donors (Lipinski definition) is 1. The number of rotatable bonds is 4. The summed E-state index contributed by atoms with van der Waals surface area (Å²) in [6, 6.07) is 13.9. The molecule has 0 radical (unpaired) electrons. The Morgan fingerprint density at radius 3 is 2.69 bits per heavy atom. The van der Waals surface area contributed by atoms with Crippen LogP contribution >= 0.6 is 0 Å². The number of hydrogen-bond acceptors (Lipinski definition) is 6. The van der Waals surface area contributed by atoms with Gasteiger partial charge in [-0.25, -0.2) is 19.3 Å². The standard InChI is InChI=1S/C21H21N7O/c29-20-10-9-19(27-14-22-13-24-27)26-28(20)17-7-5-16(6-8-17)25-21-18-4-2-1-3-15(18)11-12-23-21/h1-4,9-14,16-17H,5-8H2,(H,23,25). The van der Waals surface area contributed by atoms with Gasteiger partial charge in [0, 0.05) is 23.7 Å². The Morgan fingerprint density at radius 1 is 1.00 bits per heavy atom. The third-order valence-corrected chi connectivity index (χ3v) is 5.52. The fraction of sp³-hybridized carbons (Fsp3) is 0.286. The van der Waals surface area contributed by atoms with Gasteiger partial charge in [0.05, 0.1) is 6.04 Å². The molecule has 0 bridgehead atoms. The van der Waals surface area contributed by atoms with Crippen LogP contribution in [0.5, 0.6) is 0 Å². The molecule has 146 valence electrons. The van der Waals surface area contributed by atoms with Crippen LogP contribution in [0.2, 0.25) is 0 Å². The fourth-order valence-corrected chi connectivity index (χ4v) is 4.02. The lowest BCUT2D eigenvalue weighted by Crippen LogP contribution is -2.33. The maximum Gasteiger partial charge on any atom is 0.267 e. The summed E-state index contributed by atoms with van der Waals surface area (Å²) in [5, 5.41) is 14.5. The molecule has 0 saturated heterocycles. The van der Waals surface area contributed by atoms with Gasteiger partial charge in [0.15, 0.2) is 5.82 Å². The highest BCUT2D eigenvalue weighted by Crippen LogP contribution is 2.30. The summed E-state index contributed by atoms with van der Waals surface area (Å²) < 4.78 is 3.17. The molecule has 29 heavy (non-hydrogen) atoms. The lowest BCUT2D eigenvalue weighted by molar-refractivity contribution is 0.302. The first-order chi connectivity index (χ1) is 14.3. The first kappa shape index (κ1) is 17.5. The van der Waals surface area contributed by atoms with Gasteiger partial charge in [0.2, 0.25) is 0 Å². The average Bonchev–Trinajstić information content (AvgIpc) is 3.30. The highest BCUT2D eigenvalue weighted by Gasteiger charge is 2.24. The zero-order valence-corrected chi connectivity index (χ0v) is 15.8. The van der Waals surface area contributed by atoms with Crippen molar-refractivity contribution in [2.45, 2.75) is 37.8 Å². The van der Waals surface area contributed by atoms with Crippen LogP contribution in [0.3, 0.4) is 0 Å². The summed E-state index contributed by atoms with van der Waals surface area (Å²) in [5.74, 6) is 1.53. The maximum absolute atomic E-state index is 12.4. The van der Waals surface area contributed by atoms with Gasteiger partial charge in [-0.1, -0.05) is 24.3 Å². The Bertz CT molecular complexity index is 1170. The zero-order valence-electron chi connectivity index (χ0n) is 15.8. The van der Waals surface area contributed by atoms with Crippen molar-refractivity contribution >= 4 is 16.6 Å². The SMILES string of the molecule is O=c1ccc(-n2cncn2)nn1C1CCC(Nc2nccc3ccccc23)CC1.